The first-order chi connectivity index (χ1) is 20.8. The Morgan fingerprint density at radius 1 is 0.773 bits per heavy atom. The van der Waals surface area contributed by atoms with Gasteiger partial charge in [-0.3, -0.25) is 9.59 Å². The maximum Gasteiger partial charge on any atom is 0.416 e. The monoisotopic (exact) mass is 624 g/mol. The number of hydrogen-bond acceptors (Lipinski definition) is 6. The highest BCUT2D eigenvalue weighted by atomic mass is 19.4. The number of hydrogen-bond donors (Lipinski definition) is 2. The molecule has 3 aromatic carbocycles. The van der Waals surface area contributed by atoms with Gasteiger partial charge in [0.15, 0.2) is 0 Å². The van der Waals surface area contributed by atoms with Crippen LogP contribution in [0.5, 0.6) is 5.75 Å². The van der Waals surface area contributed by atoms with Gasteiger partial charge in [0.2, 0.25) is 0 Å². The molecule has 1 aliphatic rings. The fourth-order valence-electron chi connectivity index (χ4n) is 4.80. The van der Waals surface area contributed by atoms with Gasteiger partial charge in [0.1, 0.15) is 5.75 Å². The topological polar surface area (TPSA) is 83.1 Å². The van der Waals surface area contributed by atoms with Crippen LogP contribution in [-0.4, -0.2) is 65.4 Å². The van der Waals surface area contributed by atoms with Crippen molar-refractivity contribution in [3.8, 4) is 5.75 Å². The minimum absolute atomic E-state index is 0.00858. The van der Waals surface area contributed by atoms with Crippen LogP contribution in [-0.2, 0) is 17.1 Å². The third-order valence-electron chi connectivity index (χ3n) is 6.99. The average Bonchev–Trinajstić information content (AvgIpc) is 3.00. The number of piperazine rings is 1. The van der Waals surface area contributed by atoms with E-state index in [1.807, 2.05) is 29.2 Å². The van der Waals surface area contributed by atoms with Crippen molar-refractivity contribution in [1.29, 1.82) is 0 Å². The van der Waals surface area contributed by atoms with E-state index in [1.165, 1.54) is 19.2 Å². The smallest absolute Gasteiger partial charge is 0.416 e. The number of carbonyl (C=O) groups excluding carboxylic acids is 2. The first kappa shape index (κ1) is 32.5. The van der Waals surface area contributed by atoms with E-state index in [0.717, 1.165) is 11.4 Å². The van der Waals surface area contributed by atoms with Gasteiger partial charge in [-0.05, 0) is 48.5 Å². The number of halogens is 6. The maximum absolute atomic E-state index is 13.3. The van der Waals surface area contributed by atoms with E-state index in [0.29, 0.717) is 44.0 Å². The minimum atomic E-state index is -5.11. The van der Waals surface area contributed by atoms with Gasteiger partial charge in [0.05, 0.1) is 36.1 Å². The lowest BCUT2D eigenvalue weighted by Crippen LogP contribution is -2.47. The third kappa shape index (κ3) is 7.73. The second-order valence-electron chi connectivity index (χ2n) is 9.88. The second-order valence-corrected chi connectivity index (χ2v) is 9.88. The molecule has 0 radical (unpaired) electrons. The van der Waals surface area contributed by atoms with E-state index in [2.05, 4.69) is 15.5 Å². The number of rotatable bonds is 9. The van der Waals surface area contributed by atoms with Crippen LogP contribution in [0.2, 0.25) is 0 Å². The summed E-state index contributed by atoms with van der Waals surface area (Å²) in [5.74, 6) is -0.980. The number of ether oxygens (including phenoxy) is 2. The number of anilines is 3. The fourth-order valence-corrected chi connectivity index (χ4v) is 4.80. The molecule has 1 heterocycles. The van der Waals surface area contributed by atoms with Crippen molar-refractivity contribution >= 4 is 28.9 Å². The summed E-state index contributed by atoms with van der Waals surface area (Å²) in [4.78, 5) is 30.2. The Hall–Kier alpha value is -4.46. The molecule has 236 valence electrons. The van der Waals surface area contributed by atoms with Gasteiger partial charge in [0.25, 0.3) is 11.8 Å². The van der Waals surface area contributed by atoms with E-state index < -0.39 is 40.9 Å². The van der Waals surface area contributed by atoms with Gasteiger partial charge in [-0.15, -0.1) is 0 Å². The van der Waals surface area contributed by atoms with E-state index >= 15 is 0 Å². The summed E-state index contributed by atoms with van der Waals surface area (Å²) in [6.07, 6.45) is -10.2. The SMILES string of the molecule is COCCNC(=O)c1cc(NC(=O)c2cc(C(F)(F)F)cc(C(F)(F)F)c2)ccc1N1CCN(c2ccccc2OC)CC1. The summed E-state index contributed by atoms with van der Waals surface area (Å²) in [6.45, 7) is 2.64. The average molecular weight is 625 g/mol. The summed E-state index contributed by atoms with van der Waals surface area (Å²) in [5.41, 5.74) is -2.44. The molecule has 3 aromatic rings. The molecule has 0 unspecified atom stereocenters. The maximum atomic E-state index is 13.3. The summed E-state index contributed by atoms with van der Waals surface area (Å²) >= 11 is 0. The molecule has 14 heteroatoms. The standard InChI is InChI=1S/C30H30F6N4O4/c1-43-14-9-37-28(42)23-18-22(38-27(41)19-15-20(29(31,32)33)17-21(16-19)30(34,35)36)7-8-24(23)39-10-12-40(13-11-39)25-5-3-4-6-26(25)44-2/h3-8,15-18H,9-14H2,1-2H3,(H,37,42)(H,38,41). The Bertz CT molecular complexity index is 1450. The lowest BCUT2D eigenvalue weighted by Gasteiger charge is -2.38. The van der Waals surface area contributed by atoms with Crippen LogP contribution in [0.4, 0.5) is 43.4 Å². The molecule has 0 spiro atoms. The normalized spacial score (nSPS) is 13.9. The molecule has 0 bridgehead atoms. The first-order valence-corrected chi connectivity index (χ1v) is 13.5. The Morgan fingerprint density at radius 2 is 1.36 bits per heavy atom. The minimum Gasteiger partial charge on any atom is -0.495 e. The summed E-state index contributed by atoms with van der Waals surface area (Å²) in [7, 11) is 3.05. The highest BCUT2D eigenvalue weighted by molar-refractivity contribution is 6.06. The molecule has 1 saturated heterocycles. The predicted molar refractivity (Wildman–Crippen MR) is 152 cm³/mol. The van der Waals surface area contributed by atoms with E-state index in [1.54, 1.807) is 13.2 Å². The third-order valence-corrected chi connectivity index (χ3v) is 6.99. The van der Waals surface area contributed by atoms with Crippen molar-refractivity contribution in [2.75, 3.05) is 68.7 Å². The number of benzene rings is 3. The lowest BCUT2D eigenvalue weighted by atomic mass is 10.0. The number of alkyl halides is 6. The van der Waals surface area contributed by atoms with Crippen molar-refractivity contribution in [3.05, 3.63) is 82.9 Å². The van der Waals surface area contributed by atoms with E-state index in [9.17, 15) is 35.9 Å². The molecule has 2 N–H and O–H groups in total. The Morgan fingerprint density at radius 3 is 1.93 bits per heavy atom. The number of para-hydroxylation sites is 2. The zero-order valence-electron chi connectivity index (χ0n) is 23.8. The second kappa shape index (κ2) is 13.5. The number of carbonyl (C=O) groups is 2. The van der Waals surface area contributed by atoms with Gasteiger partial charge in [-0.2, -0.15) is 26.3 Å². The van der Waals surface area contributed by atoms with Crippen LogP contribution >= 0.6 is 0 Å². The highest BCUT2D eigenvalue weighted by Crippen LogP contribution is 2.37. The van der Waals surface area contributed by atoms with Crippen LogP contribution in [0.25, 0.3) is 0 Å². The summed E-state index contributed by atoms with van der Waals surface area (Å²) < 4.78 is 90.3. The van der Waals surface area contributed by atoms with E-state index in [-0.39, 0.29) is 30.5 Å². The van der Waals surface area contributed by atoms with Crippen LogP contribution < -0.4 is 25.2 Å². The van der Waals surface area contributed by atoms with Gasteiger partial charge >= 0.3 is 12.4 Å². The van der Waals surface area contributed by atoms with Crippen molar-refractivity contribution in [1.82, 2.24) is 5.32 Å². The molecule has 1 aliphatic heterocycles. The van der Waals surface area contributed by atoms with Crippen molar-refractivity contribution in [3.63, 3.8) is 0 Å². The quantitative estimate of drug-likeness (QED) is 0.235. The Kier molecular flexibility index (Phi) is 9.92. The molecule has 1 fully saturated rings. The van der Waals surface area contributed by atoms with Crippen molar-refractivity contribution in [2.24, 2.45) is 0 Å². The van der Waals surface area contributed by atoms with Crippen LogP contribution in [0.1, 0.15) is 31.8 Å². The Balaban J connectivity index is 1.60. The van der Waals surface area contributed by atoms with Gasteiger partial charge < -0.3 is 29.9 Å². The predicted octanol–water partition coefficient (Wildman–Crippen LogP) is 5.69. The summed E-state index contributed by atoms with van der Waals surface area (Å²) in [6, 6.07) is 12.6. The van der Waals surface area contributed by atoms with Gasteiger partial charge in [-0.25, -0.2) is 0 Å². The largest absolute Gasteiger partial charge is 0.495 e. The number of methoxy groups -OCH3 is 2. The van der Waals surface area contributed by atoms with Crippen molar-refractivity contribution < 1.29 is 45.4 Å². The fraction of sp³-hybridized carbons (Fsp3) is 0.333. The molecule has 0 saturated carbocycles. The first-order valence-electron chi connectivity index (χ1n) is 13.5. The number of nitrogens with one attached hydrogen (secondary N) is 2. The lowest BCUT2D eigenvalue weighted by molar-refractivity contribution is -0.143. The molecule has 0 aromatic heterocycles. The molecule has 2 amide bonds. The molecule has 4 rings (SSSR count). The molecule has 44 heavy (non-hydrogen) atoms. The highest BCUT2D eigenvalue weighted by Gasteiger charge is 2.37. The molecular weight excluding hydrogens is 594 g/mol. The van der Waals surface area contributed by atoms with Gasteiger partial charge in [-0.1, -0.05) is 12.1 Å². The molecular formula is C30H30F6N4O4. The molecule has 0 aliphatic carbocycles. The Labute approximate surface area is 249 Å². The van der Waals surface area contributed by atoms with Crippen LogP contribution in [0.3, 0.4) is 0 Å². The van der Waals surface area contributed by atoms with E-state index in [4.69, 9.17) is 9.47 Å². The summed E-state index contributed by atoms with van der Waals surface area (Å²) in [5, 5.41) is 5.04. The van der Waals surface area contributed by atoms with Gasteiger partial charge in [0, 0.05) is 56.8 Å². The number of amides is 2. The molecule has 8 nitrogen and oxygen atoms in total. The zero-order chi connectivity index (χ0) is 32.1. The number of nitrogens with zero attached hydrogens (tertiary/aromatic N) is 2. The van der Waals surface area contributed by atoms with Crippen LogP contribution in [0.15, 0.2) is 60.7 Å². The van der Waals surface area contributed by atoms with Crippen molar-refractivity contribution in [2.45, 2.75) is 12.4 Å². The molecule has 0 atom stereocenters. The van der Waals surface area contributed by atoms with Crippen LogP contribution in [0, 0.1) is 0 Å². The zero-order valence-corrected chi connectivity index (χ0v) is 23.8.